The minimum atomic E-state index is -0.126. The van der Waals surface area contributed by atoms with E-state index in [0.29, 0.717) is 0 Å². The Labute approximate surface area is 167 Å². The van der Waals surface area contributed by atoms with E-state index in [2.05, 4.69) is 23.5 Å². The van der Waals surface area contributed by atoms with Crippen molar-refractivity contribution in [2.45, 2.75) is 38.9 Å². The molecule has 4 nitrogen and oxygen atoms in total. The molecule has 27 heavy (non-hydrogen) atoms. The summed E-state index contributed by atoms with van der Waals surface area (Å²) in [7, 11) is 3.35. The third-order valence-corrected chi connectivity index (χ3v) is 4.55. The van der Waals surface area contributed by atoms with E-state index < -0.39 is 0 Å². The van der Waals surface area contributed by atoms with Gasteiger partial charge in [-0.1, -0.05) is 48.6 Å². The molecule has 0 spiro atoms. The maximum absolute atomic E-state index is 5.76. The second-order valence-corrected chi connectivity index (χ2v) is 7.05. The number of nitrogens with one attached hydrogen (secondary N) is 1. The average Bonchev–Trinajstić information content (AvgIpc) is 2.67. The lowest BCUT2D eigenvalue weighted by atomic mass is 10.1. The number of hydrogen-bond donors (Lipinski definition) is 1. The quantitative estimate of drug-likeness (QED) is 0.619. The predicted octanol–water partition coefficient (Wildman–Crippen LogP) is 4.20. The molecule has 5 heteroatoms. The molecule has 2 aromatic rings. The lowest BCUT2D eigenvalue weighted by Crippen LogP contribution is -2.36. The van der Waals surface area contributed by atoms with E-state index in [-0.39, 0.29) is 12.2 Å². The van der Waals surface area contributed by atoms with Crippen LogP contribution in [0.15, 0.2) is 48.5 Å². The Morgan fingerprint density at radius 2 is 1.74 bits per heavy atom. The number of ether oxygens (including phenoxy) is 3. The Balaban J connectivity index is 1.88. The Morgan fingerprint density at radius 3 is 2.37 bits per heavy atom. The van der Waals surface area contributed by atoms with Crippen LogP contribution in [0.25, 0.3) is 0 Å². The fourth-order valence-corrected chi connectivity index (χ4v) is 3.06. The van der Waals surface area contributed by atoms with Crippen molar-refractivity contribution < 1.29 is 14.2 Å². The highest BCUT2D eigenvalue weighted by atomic mass is 32.1. The highest BCUT2D eigenvalue weighted by Crippen LogP contribution is 2.29. The zero-order valence-electron chi connectivity index (χ0n) is 16.5. The van der Waals surface area contributed by atoms with Crippen molar-refractivity contribution in [1.29, 1.82) is 0 Å². The molecule has 2 aromatic carbocycles. The van der Waals surface area contributed by atoms with E-state index in [9.17, 15) is 0 Å². The van der Waals surface area contributed by atoms with Gasteiger partial charge in [0.05, 0.1) is 13.2 Å². The summed E-state index contributed by atoms with van der Waals surface area (Å²) in [6, 6.07) is 16.3. The van der Waals surface area contributed by atoms with Crippen LogP contribution in [0.1, 0.15) is 25.0 Å². The number of thiocarbonyl (C=S) groups is 1. The second kappa shape index (κ2) is 10.9. The SMILES string of the molecule is COc1cc(CCNC(=S)C(Cc2ccccc2)OC)ccc1OC(C)C. The third kappa shape index (κ3) is 6.85. The first-order valence-corrected chi connectivity index (χ1v) is 9.62. The van der Waals surface area contributed by atoms with Gasteiger partial charge in [0.1, 0.15) is 11.1 Å². The fraction of sp³-hybridized carbons (Fsp3) is 0.409. The lowest BCUT2D eigenvalue weighted by Gasteiger charge is -2.18. The van der Waals surface area contributed by atoms with Crippen molar-refractivity contribution in [3.8, 4) is 11.5 Å². The molecule has 0 aromatic heterocycles. The number of hydrogen-bond acceptors (Lipinski definition) is 4. The molecular weight excluding hydrogens is 358 g/mol. The first kappa shape index (κ1) is 21.2. The highest BCUT2D eigenvalue weighted by molar-refractivity contribution is 7.80. The van der Waals surface area contributed by atoms with E-state index in [4.69, 9.17) is 26.4 Å². The molecule has 0 aliphatic carbocycles. The summed E-state index contributed by atoms with van der Waals surface area (Å²) in [5, 5.41) is 3.32. The average molecular weight is 388 g/mol. The van der Waals surface area contributed by atoms with Crippen molar-refractivity contribution in [2.24, 2.45) is 0 Å². The molecular formula is C22H29NO3S. The molecule has 0 aliphatic heterocycles. The molecule has 0 saturated heterocycles. The first-order chi connectivity index (χ1) is 13.0. The molecule has 146 valence electrons. The van der Waals surface area contributed by atoms with Crippen LogP contribution in [-0.2, 0) is 17.6 Å². The summed E-state index contributed by atoms with van der Waals surface area (Å²) in [4.78, 5) is 0.730. The Morgan fingerprint density at radius 1 is 1.00 bits per heavy atom. The molecule has 0 amide bonds. The van der Waals surface area contributed by atoms with Crippen molar-refractivity contribution >= 4 is 17.2 Å². The van der Waals surface area contributed by atoms with E-state index in [1.165, 1.54) is 5.56 Å². The largest absolute Gasteiger partial charge is 0.493 e. The molecule has 1 atom stereocenters. The first-order valence-electron chi connectivity index (χ1n) is 9.21. The number of methoxy groups -OCH3 is 2. The summed E-state index contributed by atoms with van der Waals surface area (Å²) >= 11 is 5.53. The van der Waals surface area contributed by atoms with Crippen molar-refractivity contribution in [3.05, 3.63) is 59.7 Å². The second-order valence-electron chi connectivity index (χ2n) is 6.61. The van der Waals surface area contributed by atoms with Crippen LogP contribution < -0.4 is 14.8 Å². The van der Waals surface area contributed by atoms with Gasteiger partial charge in [-0.2, -0.15) is 0 Å². The topological polar surface area (TPSA) is 39.7 Å². The molecule has 1 unspecified atom stereocenters. The van der Waals surface area contributed by atoms with Crippen LogP contribution in [0.3, 0.4) is 0 Å². The van der Waals surface area contributed by atoms with E-state index in [1.807, 2.05) is 44.2 Å². The van der Waals surface area contributed by atoms with Gasteiger partial charge < -0.3 is 19.5 Å². The lowest BCUT2D eigenvalue weighted by molar-refractivity contribution is 0.155. The van der Waals surface area contributed by atoms with Crippen LogP contribution in [-0.4, -0.2) is 38.0 Å². The van der Waals surface area contributed by atoms with Gasteiger partial charge in [-0.25, -0.2) is 0 Å². The van der Waals surface area contributed by atoms with Crippen LogP contribution in [0.2, 0.25) is 0 Å². The van der Waals surface area contributed by atoms with Crippen molar-refractivity contribution in [1.82, 2.24) is 5.32 Å². The Bertz CT molecular complexity index is 719. The van der Waals surface area contributed by atoms with Gasteiger partial charge in [-0.3, -0.25) is 0 Å². The molecule has 2 rings (SSSR count). The molecule has 0 aliphatic rings. The third-order valence-electron chi connectivity index (χ3n) is 4.14. The van der Waals surface area contributed by atoms with Gasteiger partial charge in [0.2, 0.25) is 0 Å². The maximum atomic E-state index is 5.76. The summed E-state index contributed by atoms with van der Waals surface area (Å²) in [6.07, 6.45) is 1.58. The van der Waals surface area contributed by atoms with Crippen LogP contribution in [0.5, 0.6) is 11.5 Å². The van der Waals surface area contributed by atoms with Crippen LogP contribution in [0, 0.1) is 0 Å². The van der Waals surface area contributed by atoms with Gasteiger partial charge in [0.25, 0.3) is 0 Å². The molecule has 0 saturated carbocycles. The van der Waals surface area contributed by atoms with Crippen molar-refractivity contribution in [2.75, 3.05) is 20.8 Å². The Kier molecular flexibility index (Phi) is 8.55. The zero-order chi connectivity index (χ0) is 19.6. The molecule has 1 N–H and O–H groups in total. The standard InChI is InChI=1S/C22H29NO3S/c1-16(2)26-19-11-10-18(14-20(19)24-3)12-13-23-22(27)21(25-4)15-17-8-6-5-7-9-17/h5-11,14,16,21H,12-13,15H2,1-4H3,(H,23,27). The minimum absolute atomic E-state index is 0.111. The van der Waals surface area contributed by atoms with Crippen LogP contribution >= 0.6 is 12.2 Å². The summed E-state index contributed by atoms with van der Waals surface area (Å²) in [6.45, 7) is 4.74. The van der Waals surface area contributed by atoms with Crippen LogP contribution in [0.4, 0.5) is 0 Å². The highest BCUT2D eigenvalue weighted by Gasteiger charge is 2.14. The predicted molar refractivity (Wildman–Crippen MR) is 114 cm³/mol. The van der Waals surface area contributed by atoms with Gasteiger partial charge in [0, 0.05) is 20.1 Å². The van der Waals surface area contributed by atoms with E-state index in [0.717, 1.165) is 41.4 Å². The minimum Gasteiger partial charge on any atom is -0.493 e. The maximum Gasteiger partial charge on any atom is 0.161 e. The monoisotopic (exact) mass is 387 g/mol. The smallest absolute Gasteiger partial charge is 0.161 e. The van der Waals surface area contributed by atoms with E-state index >= 15 is 0 Å². The van der Waals surface area contributed by atoms with Gasteiger partial charge in [-0.05, 0) is 43.5 Å². The summed E-state index contributed by atoms with van der Waals surface area (Å²) in [5.41, 5.74) is 2.37. The summed E-state index contributed by atoms with van der Waals surface area (Å²) in [5.74, 6) is 1.52. The van der Waals surface area contributed by atoms with E-state index in [1.54, 1.807) is 14.2 Å². The Hall–Kier alpha value is -2.11. The number of rotatable bonds is 10. The molecule has 0 heterocycles. The van der Waals surface area contributed by atoms with Gasteiger partial charge >= 0.3 is 0 Å². The molecule has 0 bridgehead atoms. The molecule has 0 radical (unpaired) electrons. The molecule has 0 fully saturated rings. The normalized spacial score (nSPS) is 11.9. The van der Waals surface area contributed by atoms with Gasteiger partial charge in [0.15, 0.2) is 11.5 Å². The summed E-state index contributed by atoms with van der Waals surface area (Å²) < 4.78 is 16.8. The fourth-order valence-electron chi connectivity index (χ4n) is 2.77. The van der Waals surface area contributed by atoms with Crippen molar-refractivity contribution in [3.63, 3.8) is 0 Å². The number of benzene rings is 2. The zero-order valence-corrected chi connectivity index (χ0v) is 17.3. The van der Waals surface area contributed by atoms with Gasteiger partial charge in [-0.15, -0.1) is 0 Å².